The number of piperidine rings is 1. The van der Waals surface area contributed by atoms with Gasteiger partial charge < -0.3 is 19.2 Å². The van der Waals surface area contributed by atoms with Gasteiger partial charge in [0, 0.05) is 48.0 Å². The van der Waals surface area contributed by atoms with Crippen LogP contribution < -0.4 is 0 Å². The molecule has 5 rings (SSSR count). The molecule has 7 nitrogen and oxygen atoms in total. The van der Waals surface area contributed by atoms with Gasteiger partial charge in [-0.15, -0.1) is 0 Å². The number of rotatable bonds is 4. The normalized spacial score (nSPS) is 14.8. The smallest absolute Gasteiger partial charge is 0.409 e. The van der Waals surface area contributed by atoms with E-state index in [1.54, 1.807) is 23.2 Å². The molecule has 4 aromatic rings. The van der Waals surface area contributed by atoms with Crippen molar-refractivity contribution in [1.82, 2.24) is 24.4 Å². The molecule has 1 saturated heterocycles. The SMILES string of the molecule is CCOC(=O)N1CCC(n2cnc(-c3ccc(F)cc3)c2-c2ccnc3[nH]ccc23)CC1. The Bertz CT molecular complexity index is 1240. The first-order valence-corrected chi connectivity index (χ1v) is 10.8. The van der Waals surface area contributed by atoms with Gasteiger partial charge in [-0.3, -0.25) is 0 Å². The third-order valence-electron chi connectivity index (χ3n) is 6.01. The number of fused-ring (bicyclic) bond motifs is 1. The van der Waals surface area contributed by atoms with Gasteiger partial charge in [0.2, 0.25) is 0 Å². The predicted octanol–water partition coefficient (Wildman–Crippen LogP) is 5.03. The lowest BCUT2D eigenvalue weighted by Gasteiger charge is -2.32. The van der Waals surface area contributed by atoms with Crippen molar-refractivity contribution >= 4 is 17.1 Å². The summed E-state index contributed by atoms with van der Waals surface area (Å²) in [6.45, 7) is 3.45. The number of carbonyl (C=O) groups excluding carboxylic acids is 1. The topological polar surface area (TPSA) is 76.0 Å². The maximum atomic E-state index is 13.6. The fourth-order valence-corrected chi connectivity index (χ4v) is 4.43. The van der Waals surface area contributed by atoms with Gasteiger partial charge in [-0.1, -0.05) is 0 Å². The van der Waals surface area contributed by atoms with Crippen LogP contribution in [0.15, 0.2) is 55.1 Å². The largest absolute Gasteiger partial charge is 0.450 e. The maximum absolute atomic E-state index is 13.6. The monoisotopic (exact) mass is 433 g/mol. The highest BCUT2D eigenvalue weighted by atomic mass is 19.1. The highest BCUT2D eigenvalue weighted by molar-refractivity contribution is 5.95. The summed E-state index contributed by atoms with van der Waals surface area (Å²) < 4.78 is 20.9. The summed E-state index contributed by atoms with van der Waals surface area (Å²) in [5.74, 6) is -0.280. The number of imidazole rings is 1. The quantitative estimate of drug-likeness (QED) is 0.490. The van der Waals surface area contributed by atoms with Crippen molar-refractivity contribution in [3.63, 3.8) is 0 Å². The summed E-state index contributed by atoms with van der Waals surface area (Å²) in [6, 6.07) is 10.6. The summed E-state index contributed by atoms with van der Waals surface area (Å²) in [4.78, 5) is 26.2. The first kappa shape index (κ1) is 20.2. The van der Waals surface area contributed by atoms with Crippen LogP contribution in [0.2, 0.25) is 0 Å². The number of likely N-dealkylation sites (tertiary alicyclic amines) is 1. The van der Waals surface area contributed by atoms with Gasteiger partial charge in [-0.2, -0.15) is 0 Å². The molecule has 0 aliphatic carbocycles. The number of aromatic nitrogens is 4. The number of nitrogens with one attached hydrogen (secondary N) is 1. The van der Waals surface area contributed by atoms with Gasteiger partial charge in [0.25, 0.3) is 0 Å². The highest BCUT2D eigenvalue weighted by Gasteiger charge is 2.28. The Kier molecular flexibility index (Phi) is 5.34. The van der Waals surface area contributed by atoms with Crippen molar-refractivity contribution in [2.75, 3.05) is 19.7 Å². The van der Waals surface area contributed by atoms with Gasteiger partial charge in [-0.25, -0.2) is 19.2 Å². The van der Waals surface area contributed by atoms with Crippen LogP contribution in [0.3, 0.4) is 0 Å². The minimum atomic E-state index is -0.280. The Balaban J connectivity index is 1.56. The molecule has 1 aromatic carbocycles. The molecule has 3 aromatic heterocycles. The minimum absolute atomic E-state index is 0.180. The average Bonchev–Trinajstić information content (AvgIpc) is 3.47. The number of H-pyrrole nitrogens is 1. The second-order valence-electron chi connectivity index (χ2n) is 7.87. The third-order valence-corrected chi connectivity index (χ3v) is 6.01. The van der Waals surface area contributed by atoms with Crippen LogP contribution in [0.4, 0.5) is 9.18 Å². The van der Waals surface area contributed by atoms with Gasteiger partial charge in [0.15, 0.2) is 0 Å². The number of aromatic amines is 1. The van der Waals surface area contributed by atoms with E-state index < -0.39 is 0 Å². The van der Waals surface area contributed by atoms with E-state index in [4.69, 9.17) is 9.72 Å². The lowest BCUT2D eigenvalue weighted by molar-refractivity contribution is 0.0928. The molecule has 0 spiro atoms. The van der Waals surface area contributed by atoms with E-state index in [2.05, 4.69) is 14.5 Å². The molecule has 1 aliphatic heterocycles. The van der Waals surface area contributed by atoms with Crippen molar-refractivity contribution in [2.24, 2.45) is 0 Å². The Labute approximate surface area is 184 Å². The molecular weight excluding hydrogens is 409 g/mol. The molecule has 0 unspecified atom stereocenters. The van der Waals surface area contributed by atoms with E-state index in [1.165, 1.54) is 12.1 Å². The number of carbonyl (C=O) groups is 1. The summed E-state index contributed by atoms with van der Waals surface area (Å²) in [5.41, 5.74) is 4.44. The number of halogens is 1. The first-order chi connectivity index (χ1) is 15.7. The van der Waals surface area contributed by atoms with Crippen LogP contribution in [0, 0.1) is 5.82 Å². The van der Waals surface area contributed by atoms with Crippen molar-refractivity contribution < 1.29 is 13.9 Å². The highest BCUT2D eigenvalue weighted by Crippen LogP contribution is 2.38. The molecule has 0 saturated carbocycles. The average molecular weight is 433 g/mol. The zero-order valence-electron chi connectivity index (χ0n) is 17.8. The number of ether oxygens (including phenoxy) is 1. The van der Waals surface area contributed by atoms with Gasteiger partial charge >= 0.3 is 6.09 Å². The lowest BCUT2D eigenvalue weighted by Crippen LogP contribution is -2.39. The van der Waals surface area contributed by atoms with Crippen LogP contribution in [-0.4, -0.2) is 50.2 Å². The number of hydrogen-bond donors (Lipinski definition) is 1. The summed E-state index contributed by atoms with van der Waals surface area (Å²) in [6.07, 6.45) is 6.85. The predicted molar refractivity (Wildman–Crippen MR) is 120 cm³/mol. The Morgan fingerprint density at radius 1 is 1.16 bits per heavy atom. The maximum Gasteiger partial charge on any atom is 0.409 e. The van der Waals surface area contributed by atoms with Crippen LogP contribution in [0.25, 0.3) is 33.5 Å². The number of nitrogens with zero attached hydrogens (tertiary/aromatic N) is 4. The molecule has 1 amide bonds. The number of pyridine rings is 1. The fraction of sp³-hybridized carbons (Fsp3) is 0.292. The van der Waals surface area contributed by atoms with E-state index in [-0.39, 0.29) is 18.0 Å². The standard InChI is InChI=1S/C24H24FN5O2/c1-2-32-24(31)29-13-9-18(10-14-29)30-15-28-21(16-3-5-17(25)6-4-16)22(30)19-7-11-26-23-20(19)8-12-27-23/h3-8,11-12,15,18H,2,9-10,13-14H2,1H3,(H,26,27). The molecule has 1 aliphatic rings. The van der Waals surface area contributed by atoms with Crippen molar-refractivity contribution in [2.45, 2.75) is 25.8 Å². The second kappa shape index (κ2) is 8.45. The lowest BCUT2D eigenvalue weighted by atomic mass is 10.00. The molecule has 4 heterocycles. The van der Waals surface area contributed by atoms with E-state index in [1.807, 2.05) is 31.6 Å². The molecule has 8 heteroatoms. The zero-order chi connectivity index (χ0) is 22.1. The zero-order valence-corrected chi connectivity index (χ0v) is 17.8. The molecule has 1 N–H and O–H groups in total. The minimum Gasteiger partial charge on any atom is -0.450 e. The van der Waals surface area contributed by atoms with Crippen LogP contribution in [-0.2, 0) is 4.74 Å². The van der Waals surface area contributed by atoms with E-state index in [0.717, 1.165) is 46.4 Å². The Hall–Kier alpha value is -3.68. The van der Waals surface area contributed by atoms with Crippen molar-refractivity contribution in [3.05, 3.63) is 60.9 Å². The number of hydrogen-bond acceptors (Lipinski definition) is 4. The second-order valence-corrected chi connectivity index (χ2v) is 7.87. The summed E-state index contributed by atoms with van der Waals surface area (Å²) >= 11 is 0. The van der Waals surface area contributed by atoms with E-state index in [0.29, 0.717) is 19.7 Å². The van der Waals surface area contributed by atoms with E-state index in [9.17, 15) is 9.18 Å². The van der Waals surface area contributed by atoms with Crippen molar-refractivity contribution in [1.29, 1.82) is 0 Å². The first-order valence-electron chi connectivity index (χ1n) is 10.8. The molecule has 0 atom stereocenters. The third kappa shape index (κ3) is 3.62. The van der Waals surface area contributed by atoms with E-state index >= 15 is 0 Å². The van der Waals surface area contributed by atoms with Crippen LogP contribution >= 0.6 is 0 Å². The molecule has 1 fully saturated rings. The van der Waals surface area contributed by atoms with Gasteiger partial charge in [0.05, 0.1) is 24.3 Å². The summed E-state index contributed by atoms with van der Waals surface area (Å²) in [7, 11) is 0. The molecular formula is C24H24FN5O2. The number of benzene rings is 1. The molecule has 164 valence electrons. The van der Waals surface area contributed by atoms with Crippen LogP contribution in [0.5, 0.6) is 0 Å². The number of amides is 1. The molecule has 32 heavy (non-hydrogen) atoms. The Morgan fingerprint density at radius 2 is 1.94 bits per heavy atom. The van der Waals surface area contributed by atoms with Gasteiger partial charge in [-0.05, 0) is 56.2 Å². The van der Waals surface area contributed by atoms with Crippen molar-refractivity contribution in [3.8, 4) is 22.5 Å². The Morgan fingerprint density at radius 3 is 2.69 bits per heavy atom. The van der Waals surface area contributed by atoms with Gasteiger partial charge in [0.1, 0.15) is 11.5 Å². The fourth-order valence-electron chi connectivity index (χ4n) is 4.43. The summed E-state index contributed by atoms with van der Waals surface area (Å²) in [5, 5.41) is 1.00. The molecule has 0 radical (unpaired) electrons. The van der Waals surface area contributed by atoms with Crippen LogP contribution in [0.1, 0.15) is 25.8 Å². The molecule has 0 bridgehead atoms.